The summed E-state index contributed by atoms with van der Waals surface area (Å²) in [5.74, 6) is -1.04. The summed E-state index contributed by atoms with van der Waals surface area (Å²) in [5, 5.41) is 0. The van der Waals surface area contributed by atoms with E-state index in [-0.39, 0.29) is 48.4 Å². The Morgan fingerprint density at radius 3 is 1.30 bits per heavy atom. The van der Waals surface area contributed by atoms with Crippen molar-refractivity contribution in [1.29, 1.82) is 0 Å². The SMILES string of the molecule is CC(OCC1CCC(COC(C)OC(=O)CCCCCN2C(=O)C=CC2=O)CC1)OC(=O)CCCCCN1C(=O)C=CC1=O. The zero-order valence-corrected chi connectivity index (χ0v) is 25.9. The molecule has 0 aromatic rings. The maximum atomic E-state index is 12.1. The minimum atomic E-state index is -0.624. The Bertz CT molecular complexity index is 959. The molecule has 1 fully saturated rings. The number of carbonyl (C=O) groups excluding carboxylic acids is 6. The molecule has 0 radical (unpaired) electrons. The smallest absolute Gasteiger partial charge is 0.308 e. The van der Waals surface area contributed by atoms with Crippen molar-refractivity contribution < 1.29 is 47.7 Å². The zero-order valence-electron chi connectivity index (χ0n) is 25.9. The fourth-order valence-corrected chi connectivity index (χ4v) is 5.40. The van der Waals surface area contributed by atoms with Gasteiger partial charge in [0.05, 0.1) is 13.2 Å². The molecular weight excluding hydrogens is 572 g/mol. The van der Waals surface area contributed by atoms with Crippen molar-refractivity contribution in [3.05, 3.63) is 24.3 Å². The maximum Gasteiger partial charge on any atom is 0.308 e. The molecule has 0 spiro atoms. The van der Waals surface area contributed by atoms with Crippen LogP contribution in [0.1, 0.15) is 90.9 Å². The Balaban J connectivity index is 1.14. The first-order valence-electron chi connectivity index (χ1n) is 15.8. The largest absolute Gasteiger partial charge is 0.436 e. The summed E-state index contributed by atoms with van der Waals surface area (Å²) in [6.07, 6.45) is 12.2. The standard InChI is InChI=1S/C32H46N2O10/c1-23(43-31(39)9-5-3-7-19-33-27(35)15-16-28(33)36)41-21-25-11-13-26(14-12-25)22-42-24(2)44-32(40)10-6-4-8-20-34-29(37)17-18-30(34)38/h15-18,23-26H,3-14,19-22H2,1-2H3. The van der Waals surface area contributed by atoms with Crippen LogP contribution in [0, 0.1) is 11.8 Å². The van der Waals surface area contributed by atoms with E-state index >= 15 is 0 Å². The highest BCUT2D eigenvalue weighted by molar-refractivity contribution is 6.13. The number of unbranched alkanes of at least 4 members (excludes halogenated alkanes) is 4. The molecule has 3 aliphatic rings. The Hall–Kier alpha value is -3.38. The fourth-order valence-electron chi connectivity index (χ4n) is 5.40. The van der Waals surface area contributed by atoms with Crippen LogP contribution >= 0.6 is 0 Å². The van der Waals surface area contributed by atoms with Crippen LogP contribution < -0.4 is 0 Å². The van der Waals surface area contributed by atoms with Gasteiger partial charge in [-0.2, -0.15) is 0 Å². The highest BCUT2D eigenvalue weighted by Gasteiger charge is 2.25. The van der Waals surface area contributed by atoms with Gasteiger partial charge < -0.3 is 18.9 Å². The second kappa shape index (κ2) is 18.4. The van der Waals surface area contributed by atoms with Crippen LogP contribution in [0.2, 0.25) is 0 Å². The van der Waals surface area contributed by atoms with Crippen molar-refractivity contribution in [3.63, 3.8) is 0 Å². The molecule has 12 heteroatoms. The summed E-state index contributed by atoms with van der Waals surface area (Å²) >= 11 is 0. The predicted molar refractivity (Wildman–Crippen MR) is 157 cm³/mol. The fraction of sp³-hybridized carbons (Fsp3) is 0.688. The highest BCUT2D eigenvalue weighted by Crippen LogP contribution is 2.29. The quantitative estimate of drug-likeness (QED) is 0.0859. The minimum absolute atomic E-state index is 0.260. The topological polar surface area (TPSA) is 146 Å². The number of hydrogen-bond acceptors (Lipinski definition) is 10. The van der Waals surface area contributed by atoms with Gasteiger partial charge in [-0.25, -0.2) is 0 Å². The van der Waals surface area contributed by atoms with Gasteiger partial charge in [0.15, 0.2) is 12.6 Å². The number of carbonyl (C=O) groups is 6. The molecule has 2 unspecified atom stereocenters. The second-order valence-corrected chi connectivity index (χ2v) is 11.6. The molecule has 12 nitrogen and oxygen atoms in total. The summed E-state index contributed by atoms with van der Waals surface area (Å²) in [6, 6.07) is 0. The number of rotatable bonds is 20. The Morgan fingerprint density at radius 1 is 0.614 bits per heavy atom. The number of amides is 4. The number of nitrogens with zero attached hydrogens (tertiary/aromatic N) is 2. The average Bonchev–Trinajstić information content (AvgIpc) is 3.49. The van der Waals surface area contributed by atoms with Crippen molar-refractivity contribution in [3.8, 4) is 0 Å². The van der Waals surface area contributed by atoms with Gasteiger partial charge in [-0.05, 0) is 77.0 Å². The molecule has 2 aliphatic heterocycles. The van der Waals surface area contributed by atoms with Gasteiger partial charge in [0.1, 0.15) is 0 Å². The normalized spacial score (nSPS) is 21.3. The summed E-state index contributed by atoms with van der Waals surface area (Å²) < 4.78 is 22.3. The molecule has 244 valence electrons. The van der Waals surface area contributed by atoms with E-state index < -0.39 is 12.6 Å². The van der Waals surface area contributed by atoms with E-state index in [1.165, 1.54) is 34.1 Å². The summed E-state index contributed by atoms with van der Waals surface area (Å²) in [5.41, 5.74) is 0. The molecule has 1 aliphatic carbocycles. The Morgan fingerprint density at radius 2 is 0.955 bits per heavy atom. The van der Waals surface area contributed by atoms with Crippen LogP contribution in [0.25, 0.3) is 0 Å². The first-order chi connectivity index (χ1) is 21.1. The van der Waals surface area contributed by atoms with E-state index in [1.807, 2.05) is 0 Å². The lowest BCUT2D eigenvalue weighted by molar-refractivity contribution is -0.181. The molecule has 0 bridgehead atoms. The predicted octanol–water partition coefficient (Wildman–Crippen LogP) is 3.58. The van der Waals surface area contributed by atoms with Gasteiger partial charge in [-0.1, -0.05) is 12.8 Å². The van der Waals surface area contributed by atoms with Gasteiger partial charge in [0, 0.05) is 50.2 Å². The Labute approximate surface area is 259 Å². The van der Waals surface area contributed by atoms with Crippen LogP contribution in [-0.4, -0.2) is 84.3 Å². The van der Waals surface area contributed by atoms with Gasteiger partial charge in [0.2, 0.25) is 0 Å². The molecule has 4 amide bonds. The maximum absolute atomic E-state index is 12.1. The van der Waals surface area contributed by atoms with Crippen LogP contribution in [0.5, 0.6) is 0 Å². The second-order valence-electron chi connectivity index (χ2n) is 11.6. The number of hydrogen-bond donors (Lipinski definition) is 0. The van der Waals surface area contributed by atoms with Crippen LogP contribution in [0.3, 0.4) is 0 Å². The lowest BCUT2D eigenvalue weighted by Gasteiger charge is -2.29. The van der Waals surface area contributed by atoms with Gasteiger partial charge in [-0.3, -0.25) is 38.6 Å². The molecular formula is C32H46N2O10. The monoisotopic (exact) mass is 618 g/mol. The van der Waals surface area contributed by atoms with Gasteiger partial charge >= 0.3 is 11.9 Å². The lowest BCUT2D eigenvalue weighted by atomic mass is 9.83. The molecule has 44 heavy (non-hydrogen) atoms. The van der Waals surface area contributed by atoms with E-state index in [0.717, 1.165) is 25.7 Å². The molecule has 1 saturated carbocycles. The highest BCUT2D eigenvalue weighted by atomic mass is 16.7. The number of imide groups is 2. The van der Waals surface area contributed by atoms with Crippen molar-refractivity contribution >= 4 is 35.6 Å². The van der Waals surface area contributed by atoms with Gasteiger partial charge in [0.25, 0.3) is 23.6 Å². The summed E-state index contributed by atoms with van der Waals surface area (Å²) in [4.78, 5) is 72.7. The van der Waals surface area contributed by atoms with E-state index in [2.05, 4.69) is 0 Å². The minimum Gasteiger partial charge on any atom is -0.436 e. The first kappa shape index (κ1) is 35.1. The third-order valence-corrected chi connectivity index (χ3v) is 8.02. The van der Waals surface area contributed by atoms with Crippen molar-refractivity contribution in [2.45, 2.75) is 103 Å². The average molecular weight is 619 g/mol. The van der Waals surface area contributed by atoms with Gasteiger partial charge in [-0.15, -0.1) is 0 Å². The van der Waals surface area contributed by atoms with E-state index in [0.29, 0.717) is 76.7 Å². The Kier molecular flexibility index (Phi) is 14.7. The molecule has 2 atom stereocenters. The molecule has 3 rings (SSSR count). The van der Waals surface area contributed by atoms with E-state index in [4.69, 9.17) is 18.9 Å². The number of ether oxygens (including phenoxy) is 4. The van der Waals surface area contributed by atoms with Crippen LogP contribution in [-0.2, 0) is 47.7 Å². The summed E-state index contributed by atoms with van der Waals surface area (Å²) in [6.45, 7) is 5.18. The molecule has 0 aromatic heterocycles. The lowest BCUT2D eigenvalue weighted by Crippen LogP contribution is -2.30. The number of esters is 2. The zero-order chi connectivity index (χ0) is 31.9. The summed E-state index contributed by atoms with van der Waals surface area (Å²) in [7, 11) is 0. The van der Waals surface area contributed by atoms with Crippen LogP contribution in [0.15, 0.2) is 24.3 Å². The molecule has 0 saturated heterocycles. The van der Waals surface area contributed by atoms with Crippen LogP contribution in [0.4, 0.5) is 0 Å². The molecule has 2 heterocycles. The third kappa shape index (κ3) is 12.3. The van der Waals surface area contributed by atoms with Crippen molar-refractivity contribution in [2.75, 3.05) is 26.3 Å². The van der Waals surface area contributed by atoms with Crippen molar-refractivity contribution in [1.82, 2.24) is 9.80 Å². The van der Waals surface area contributed by atoms with Crippen molar-refractivity contribution in [2.24, 2.45) is 11.8 Å². The first-order valence-corrected chi connectivity index (χ1v) is 15.8. The molecule has 0 N–H and O–H groups in total. The van der Waals surface area contributed by atoms with E-state index in [9.17, 15) is 28.8 Å². The van der Waals surface area contributed by atoms with E-state index in [1.54, 1.807) is 13.8 Å². The third-order valence-electron chi connectivity index (χ3n) is 8.02. The molecule has 0 aromatic carbocycles.